The molecule has 1 fully saturated rings. The van der Waals surface area contributed by atoms with Crippen molar-refractivity contribution in [2.75, 3.05) is 0 Å². The van der Waals surface area contributed by atoms with Crippen molar-refractivity contribution in [1.29, 1.82) is 0 Å². The van der Waals surface area contributed by atoms with Crippen molar-refractivity contribution in [3.8, 4) is 11.3 Å². The van der Waals surface area contributed by atoms with Crippen LogP contribution in [0.3, 0.4) is 0 Å². The number of aromatic carboxylic acids is 1. The second kappa shape index (κ2) is 5.44. The molecule has 1 N–H and O–H groups in total. The molecule has 3 nitrogen and oxygen atoms in total. The first kappa shape index (κ1) is 15.6. The number of carbonyl (C=O) groups is 1. The van der Waals surface area contributed by atoms with Gasteiger partial charge in [0.1, 0.15) is 0 Å². The number of carboxylic acids is 1. The van der Waals surface area contributed by atoms with Crippen LogP contribution in [0.4, 0.5) is 13.2 Å². The number of aromatic nitrogens is 1. The molecule has 0 saturated heterocycles. The SMILES string of the molecule is Cc1c(C(=O)O)cn(C2CCC2)c1-c1ccccc1C(F)(F)F. The molecule has 1 aromatic heterocycles. The molecule has 1 saturated carbocycles. The summed E-state index contributed by atoms with van der Waals surface area (Å²) in [6.07, 6.45) is -0.293. The number of nitrogens with zero attached hydrogens (tertiary/aromatic N) is 1. The molecule has 1 aromatic carbocycles. The number of hydrogen-bond donors (Lipinski definition) is 1. The lowest BCUT2D eigenvalue weighted by Crippen LogP contribution is -2.18. The minimum atomic E-state index is -4.48. The van der Waals surface area contributed by atoms with Gasteiger partial charge >= 0.3 is 12.1 Å². The Bertz CT molecular complexity index is 758. The first-order valence-corrected chi connectivity index (χ1v) is 7.42. The minimum absolute atomic E-state index is 0.0388. The van der Waals surface area contributed by atoms with Gasteiger partial charge in [0.25, 0.3) is 0 Å². The van der Waals surface area contributed by atoms with Gasteiger partial charge < -0.3 is 9.67 Å². The molecule has 0 bridgehead atoms. The Morgan fingerprint density at radius 2 is 1.91 bits per heavy atom. The summed E-state index contributed by atoms with van der Waals surface area (Å²) >= 11 is 0. The van der Waals surface area contributed by atoms with E-state index in [-0.39, 0.29) is 17.2 Å². The summed E-state index contributed by atoms with van der Waals surface area (Å²) in [4.78, 5) is 11.4. The number of rotatable bonds is 3. The number of carboxylic acid groups (broad SMARTS) is 1. The summed E-state index contributed by atoms with van der Waals surface area (Å²) in [6, 6.07) is 5.40. The molecule has 0 aliphatic heterocycles. The molecule has 0 amide bonds. The van der Waals surface area contributed by atoms with Crippen LogP contribution in [0, 0.1) is 6.92 Å². The molecule has 6 heteroatoms. The first-order valence-electron chi connectivity index (χ1n) is 7.42. The Kier molecular flexibility index (Phi) is 3.70. The normalized spacial score (nSPS) is 15.5. The van der Waals surface area contributed by atoms with E-state index < -0.39 is 17.7 Å². The predicted octanol–water partition coefficient (Wildman–Crippen LogP) is 4.91. The number of halogens is 3. The van der Waals surface area contributed by atoms with Crippen LogP contribution >= 0.6 is 0 Å². The fourth-order valence-corrected chi connectivity index (χ4v) is 3.07. The van der Waals surface area contributed by atoms with Gasteiger partial charge in [-0.2, -0.15) is 13.2 Å². The van der Waals surface area contributed by atoms with Gasteiger partial charge in [-0.1, -0.05) is 18.2 Å². The van der Waals surface area contributed by atoms with Gasteiger partial charge in [0.2, 0.25) is 0 Å². The molecule has 0 spiro atoms. The molecule has 0 atom stereocenters. The van der Waals surface area contributed by atoms with Crippen molar-refractivity contribution in [2.45, 2.75) is 38.4 Å². The van der Waals surface area contributed by atoms with Crippen LogP contribution in [-0.2, 0) is 6.18 Å². The second-order valence-electron chi connectivity index (χ2n) is 5.86. The molecular formula is C17H16F3NO2. The van der Waals surface area contributed by atoms with Crippen LogP contribution in [0.1, 0.15) is 46.8 Å². The van der Waals surface area contributed by atoms with Crippen LogP contribution in [0.5, 0.6) is 0 Å². The lowest BCUT2D eigenvalue weighted by Gasteiger charge is -2.30. The maximum atomic E-state index is 13.3. The monoisotopic (exact) mass is 323 g/mol. The Morgan fingerprint density at radius 1 is 1.26 bits per heavy atom. The maximum Gasteiger partial charge on any atom is 0.417 e. The van der Waals surface area contributed by atoms with Crippen molar-refractivity contribution < 1.29 is 23.1 Å². The maximum absolute atomic E-state index is 13.3. The van der Waals surface area contributed by atoms with Gasteiger partial charge in [-0.15, -0.1) is 0 Å². The second-order valence-corrected chi connectivity index (χ2v) is 5.86. The Balaban J connectivity index is 2.26. The van der Waals surface area contributed by atoms with Crippen molar-refractivity contribution in [1.82, 2.24) is 4.57 Å². The van der Waals surface area contributed by atoms with Crippen LogP contribution < -0.4 is 0 Å². The number of alkyl halides is 3. The van der Waals surface area contributed by atoms with Gasteiger partial charge in [0.05, 0.1) is 16.8 Å². The predicted molar refractivity (Wildman–Crippen MR) is 79.5 cm³/mol. The molecule has 1 aliphatic carbocycles. The highest BCUT2D eigenvalue weighted by Crippen LogP contribution is 2.43. The van der Waals surface area contributed by atoms with Crippen LogP contribution in [0.25, 0.3) is 11.3 Å². The van der Waals surface area contributed by atoms with E-state index >= 15 is 0 Å². The van der Waals surface area contributed by atoms with Gasteiger partial charge in [-0.25, -0.2) is 4.79 Å². The summed E-state index contributed by atoms with van der Waals surface area (Å²) in [6.45, 7) is 1.57. The van der Waals surface area contributed by atoms with E-state index in [1.54, 1.807) is 17.6 Å². The van der Waals surface area contributed by atoms with E-state index in [1.807, 2.05) is 0 Å². The van der Waals surface area contributed by atoms with Crippen molar-refractivity contribution >= 4 is 5.97 Å². The average molecular weight is 323 g/mol. The Hall–Kier alpha value is -2.24. The third-order valence-corrected chi connectivity index (χ3v) is 4.47. The van der Waals surface area contributed by atoms with E-state index in [0.717, 1.165) is 25.3 Å². The summed E-state index contributed by atoms with van der Waals surface area (Å²) in [7, 11) is 0. The summed E-state index contributed by atoms with van der Waals surface area (Å²) in [5, 5.41) is 9.32. The van der Waals surface area contributed by atoms with E-state index in [4.69, 9.17) is 0 Å². The van der Waals surface area contributed by atoms with Crippen molar-refractivity contribution in [3.05, 3.63) is 47.2 Å². The minimum Gasteiger partial charge on any atom is -0.478 e. The van der Waals surface area contributed by atoms with E-state index in [1.165, 1.54) is 18.3 Å². The number of benzene rings is 1. The third kappa shape index (κ3) is 2.62. The molecule has 0 radical (unpaired) electrons. The average Bonchev–Trinajstić information content (AvgIpc) is 2.73. The standard InChI is InChI=1S/C17H16F3NO2/c1-10-13(16(22)23)9-21(11-5-4-6-11)15(10)12-7-2-3-8-14(12)17(18,19)20/h2-3,7-9,11H,4-6H2,1H3,(H,22,23). The van der Waals surface area contributed by atoms with Gasteiger partial charge in [0.15, 0.2) is 0 Å². The quantitative estimate of drug-likeness (QED) is 0.872. The zero-order chi connectivity index (χ0) is 16.8. The molecule has 3 rings (SSSR count). The molecule has 1 heterocycles. The molecule has 0 unspecified atom stereocenters. The highest BCUT2D eigenvalue weighted by molar-refractivity contribution is 5.92. The van der Waals surface area contributed by atoms with Gasteiger partial charge in [-0.3, -0.25) is 0 Å². The Morgan fingerprint density at radius 3 is 2.43 bits per heavy atom. The van der Waals surface area contributed by atoms with Crippen LogP contribution in [-0.4, -0.2) is 15.6 Å². The van der Waals surface area contributed by atoms with Crippen molar-refractivity contribution in [2.24, 2.45) is 0 Å². The zero-order valence-corrected chi connectivity index (χ0v) is 12.5. The molecule has 1 aliphatic rings. The Labute approximate surface area is 131 Å². The van der Waals surface area contributed by atoms with Crippen molar-refractivity contribution in [3.63, 3.8) is 0 Å². The highest BCUT2D eigenvalue weighted by Gasteiger charge is 2.36. The molecule has 23 heavy (non-hydrogen) atoms. The first-order chi connectivity index (χ1) is 10.8. The molecule has 122 valence electrons. The zero-order valence-electron chi connectivity index (χ0n) is 12.5. The smallest absolute Gasteiger partial charge is 0.417 e. The highest BCUT2D eigenvalue weighted by atomic mass is 19.4. The van der Waals surface area contributed by atoms with E-state index in [9.17, 15) is 23.1 Å². The lowest BCUT2D eigenvalue weighted by atomic mass is 9.91. The summed E-state index contributed by atoms with van der Waals surface area (Å²) in [5.74, 6) is -1.12. The van der Waals surface area contributed by atoms with E-state index in [0.29, 0.717) is 11.3 Å². The third-order valence-electron chi connectivity index (χ3n) is 4.47. The molecular weight excluding hydrogens is 307 g/mol. The topological polar surface area (TPSA) is 42.2 Å². The van der Waals surface area contributed by atoms with Crippen LogP contribution in [0.2, 0.25) is 0 Å². The number of hydrogen-bond acceptors (Lipinski definition) is 1. The summed E-state index contributed by atoms with van der Waals surface area (Å²) in [5.41, 5.74) is 0.0978. The van der Waals surface area contributed by atoms with Gasteiger partial charge in [0, 0.05) is 17.8 Å². The largest absolute Gasteiger partial charge is 0.478 e. The van der Waals surface area contributed by atoms with E-state index in [2.05, 4.69) is 0 Å². The fraction of sp³-hybridized carbons (Fsp3) is 0.353. The van der Waals surface area contributed by atoms with Gasteiger partial charge in [-0.05, 0) is 37.8 Å². The van der Waals surface area contributed by atoms with Crippen LogP contribution in [0.15, 0.2) is 30.5 Å². The molecule has 2 aromatic rings. The summed E-state index contributed by atoms with van der Waals surface area (Å²) < 4.78 is 41.7. The fourth-order valence-electron chi connectivity index (χ4n) is 3.07. The lowest BCUT2D eigenvalue weighted by molar-refractivity contribution is -0.137.